The van der Waals surface area contributed by atoms with Crippen LogP contribution in [0.15, 0.2) is 447 Å². The quantitative estimate of drug-likeness (QED) is 0.131. The summed E-state index contributed by atoms with van der Waals surface area (Å²) >= 11 is 0. The number of aromatic nitrogens is 2. The summed E-state index contributed by atoms with van der Waals surface area (Å²) in [5.41, 5.74) is 43.8. The van der Waals surface area contributed by atoms with Crippen molar-refractivity contribution in [2.45, 2.75) is 22.9 Å². The minimum absolute atomic E-state index is 0.477. The number of hydrogen-bond acceptors (Lipinski definition) is 2. The molecule has 0 fully saturated rings. The Morgan fingerprint density at radius 2 is 0.410 bits per heavy atom. The molecule has 20 aromatic rings. The highest BCUT2D eigenvalue weighted by molar-refractivity contribution is 6.54. The van der Waals surface area contributed by atoms with Crippen LogP contribution in [-0.2, 0) is 10.8 Å². The van der Waals surface area contributed by atoms with Gasteiger partial charge in [-0.3, -0.25) is 9.98 Å². The molecule has 4 heteroatoms. The Labute approximate surface area is 707 Å². The van der Waals surface area contributed by atoms with Crippen molar-refractivity contribution in [1.82, 2.24) is 9.13 Å². The molecule has 26 rings (SSSR count). The van der Waals surface area contributed by atoms with Gasteiger partial charge in [0, 0.05) is 44.0 Å². The average molecular weight is 1550 g/mol. The Kier molecular flexibility index (Phi) is 14.8. The molecule has 1 aliphatic heterocycles. The minimum Gasteiger partial charge on any atom is -0.309 e. The third kappa shape index (κ3) is 9.80. The zero-order valence-corrected chi connectivity index (χ0v) is 66.5. The summed E-state index contributed by atoms with van der Waals surface area (Å²) in [6.07, 6.45) is 4.82. The summed E-state index contributed by atoms with van der Waals surface area (Å²) in [6, 6.07) is 158. The molecule has 2 spiro atoms. The summed E-state index contributed by atoms with van der Waals surface area (Å²) in [6.45, 7) is 0. The summed E-state index contributed by atoms with van der Waals surface area (Å²) in [7, 11) is 0. The first-order valence-corrected chi connectivity index (χ1v) is 42.6. The molecule has 0 radical (unpaired) electrons. The number of rotatable bonds is 10. The first-order chi connectivity index (χ1) is 60.5. The van der Waals surface area contributed by atoms with E-state index in [4.69, 9.17) is 9.98 Å². The van der Waals surface area contributed by atoms with Gasteiger partial charge < -0.3 is 9.13 Å². The van der Waals surface area contributed by atoms with Gasteiger partial charge in [-0.25, -0.2) is 0 Å². The fourth-order valence-corrected chi connectivity index (χ4v) is 22.3. The first-order valence-electron chi connectivity index (χ1n) is 42.6. The largest absolute Gasteiger partial charge is 0.309 e. The van der Waals surface area contributed by atoms with Crippen LogP contribution in [0.2, 0.25) is 0 Å². The second-order valence-electron chi connectivity index (χ2n) is 33.5. The lowest BCUT2D eigenvalue weighted by Crippen LogP contribution is -2.37. The van der Waals surface area contributed by atoms with E-state index in [1.807, 2.05) is 0 Å². The van der Waals surface area contributed by atoms with Crippen molar-refractivity contribution in [3.05, 3.63) is 504 Å². The lowest BCUT2D eigenvalue weighted by molar-refractivity contribution is 0.724. The van der Waals surface area contributed by atoms with Crippen molar-refractivity contribution in [1.29, 1.82) is 0 Å². The van der Waals surface area contributed by atoms with Gasteiger partial charge >= 0.3 is 0 Å². The molecule has 0 bridgehead atoms. The highest BCUT2D eigenvalue weighted by Gasteiger charge is 2.54. The van der Waals surface area contributed by atoms with E-state index in [-0.39, 0.29) is 0 Å². The number of allylic oxidation sites excluding steroid dienone is 2. The standard InChI is InChI=1S/C118H74N4/c1-5-25-73(26-6-1)79-51-63-109-97(67-79)98-68-80(74-27-7-2-8-28-74)52-64-110(98)121(109)85-55-45-77(46-56-85)113-114(78-47-57-86(58-48-78)122-111-65-53-81(75-29-9-3-10-30-75)69-99(111)100-70-82(54-66-112(100)122)76-31-11-4-12-32-76)120-116-88(84-50-60-96-94-38-18-24-44-106(94)118(108(96)72-84)103-41-21-15-35-91(103)92-36-16-22-42-104(92)118)62-61-87(115(116)119-113)83-49-59-95-93-37-17-23-43-105(93)117(107(95)71-83)101-39-19-13-33-89(101)90-34-14-20-40-102(90)117/h1-72,115-116H. The SMILES string of the molecule is C1=C(c2ccc3c(c2)C2(c4ccccc4-c4ccccc42)c2ccccc2-3)C2N=C(c3ccc(-n4c5ccc(-c6ccccc6)cc5c5cc(-c6ccccc6)ccc54)cc3)C(c3ccc(-n4c5ccc(-c6ccccc6)cc5c5cc(-c6ccccc6)ccc54)cc3)=NC2C(c2ccc3c(c2)C2(c4ccccc4-c4ccccc42)c2ccccc2-3)=C1. The Morgan fingerprint density at radius 3 is 0.680 bits per heavy atom. The maximum Gasteiger partial charge on any atom is 0.103 e. The van der Waals surface area contributed by atoms with E-state index in [2.05, 4.69) is 446 Å². The first kappa shape index (κ1) is 68.4. The molecule has 4 nitrogen and oxygen atoms in total. The van der Waals surface area contributed by atoms with E-state index < -0.39 is 22.9 Å². The predicted molar refractivity (Wildman–Crippen MR) is 505 cm³/mol. The van der Waals surface area contributed by atoms with Crippen LogP contribution < -0.4 is 0 Å². The minimum atomic E-state index is -0.555. The maximum absolute atomic E-state index is 6.45. The van der Waals surface area contributed by atoms with Crippen molar-refractivity contribution in [2.75, 3.05) is 0 Å². The van der Waals surface area contributed by atoms with Gasteiger partial charge in [0.1, 0.15) is 12.1 Å². The van der Waals surface area contributed by atoms with Crippen LogP contribution in [0.5, 0.6) is 0 Å². The van der Waals surface area contributed by atoms with Crippen LogP contribution >= 0.6 is 0 Å². The maximum atomic E-state index is 6.45. The van der Waals surface area contributed by atoms with Crippen molar-refractivity contribution in [3.63, 3.8) is 0 Å². The van der Waals surface area contributed by atoms with E-state index in [0.717, 1.165) is 78.3 Å². The highest BCUT2D eigenvalue weighted by atomic mass is 15.0. The average Bonchev–Trinajstić information content (AvgIpc) is 1.51. The zero-order valence-electron chi connectivity index (χ0n) is 66.5. The number of hydrogen-bond donors (Lipinski definition) is 0. The third-order valence-electron chi connectivity index (χ3n) is 27.6. The molecule has 18 aromatic carbocycles. The fourth-order valence-electron chi connectivity index (χ4n) is 22.3. The highest BCUT2D eigenvalue weighted by Crippen LogP contribution is 2.65. The van der Waals surface area contributed by atoms with Crippen molar-refractivity contribution >= 4 is 66.2 Å². The molecule has 2 unspecified atom stereocenters. The van der Waals surface area contributed by atoms with Crippen LogP contribution in [0.3, 0.4) is 0 Å². The molecule has 0 N–H and O–H groups in total. The van der Waals surface area contributed by atoms with Crippen LogP contribution in [0.4, 0.5) is 0 Å². The van der Waals surface area contributed by atoms with Gasteiger partial charge in [-0.2, -0.15) is 0 Å². The number of fused-ring (bicyclic) bond motifs is 27. The summed E-state index contributed by atoms with van der Waals surface area (Å²) in [5.74, 6) is 0. The van der Waals surface area contributed by atoms with Gasteiger partial charge in [-0.1, -0.05) is 352 Å². The molecule has 566 valence electrons. The lowest BCUT2D eigenvalue weighted by atomic mass is 9.69. The summed E-state index contributed by atoms with van der Waals surface area (Å²) < 4.78 is 4.90. The monoisotopic (exact) mass is 1550 g/mol. The second kappa shape index (κ2) is 26.4. The lowest BCUT2D eigenvalue weighted by Gasteiger charge is -2.35. The third-order valence-corrected chi connectivity index (χ3v) is 27.6. The molecule has 0 amide bonds. The molecule has 2 aromatic heterocycles. The second-order valence-corrected chi connectivity index (χ2v) is 33.5. The van der Waals surface area contributed by atoms with E-state index in [0.29, 0.717) is 0 Å². The van der Waals surface area contributed by atoms with Crippen LogP contribution in [0.25, 0.3) is 155 Å². The predicted octanol–water partition coefficient (Wildman–Crippen LogP) is 28.4. The van der Waals surface area contributed by atoms with E-state index in [1.54, 1.807) is 0 Å². The van der Waals surface area contributed by atoms with Gasteiger partial charge in [0.25, 0.3) is 0 Å². The molecule has 0 saturated heterocycles. The Balaban J connectivity index is 0.690. The molecular formula is C118H74N4. The van der Waals surface area contributed by atoms with Gasteiger partial charge in [-0.15, -0.1) is 0 Å². The van der Waals surface area contributed by atoms with E-state index in [9.17, 15) is 0 Å². The molecule has 2 atom stereocenters. The van der Waals surface area contributed by atoms with Gasteiger partial charge in [0.05, 0.1) is 44.3 Å². The van der Waals surface area contributed by atoms with Crippen molar-refractivity contribution in [3.8, 4) is 100 Å². The number of nitrogens with zero attached hydrogens (tertiary/aromatic N) is 4. The van der Waals surface area contributed by atoms with Crippen molar-refractivity contribution in [2.24, 2.45) is 9.98 Å². The summed E-state index contributed by atoms with van der Waals surface area (Å²) in [4.78, 5) is 12.9. The number of aliphatic imine (C=N–C) groups is 2. The Morgan fingerprint density at radius 1 is 0.180 bits per heavy atom. The van der Waals surface area contributed by atoms with Crippen molar-refractivity contribution < 1.29 is 0 Å². The molecule has 5 aliphatic carbocycles. The topological polar surface area (TPSA) is 34.6 Å². The van der Waals surface area contributed by atoms with E-state index >= 15 is 0 Å². The van der Waals surface area contributed by atoms with Gasteiger partial charge in [0.15, 0.2) is 0 Å². The number of benzene rings is 18. The van der Waals surface area contributed by atoms with Crippen LogP contribution in [0, 0.1) is 0 Å². The zero-order chi connectivity index (χ0) is 79.9. The smallest absolute Gasteiger partial charge is 0.103 e. The summed E-state index contributed by atoms with van der Waals surface area (Å²) in [5, 5.41) is 4.79. The normalized spacial score (nSPS) is 15.5. The van der Waals surface area contributed by atoms with Gasteiger partial charge in [-0.05, 0) is 241 Å². The molecule has 6 aliphatic rings. The van der Waals surface area contributed by atoms with Gasteiger partial charge in [0.2, 0.25) is 0 Å². The molecule has 3 heterocycles. The fraction of sp³-hybridized carbons (Fsp3) is 0.0339. The molecule has 122 heavy (non-hydrogen) atoms. The molecular weight excluding hydrogens is 1470 g/mol. The van der Waals surface area contributed by atoms with E-state index in [1.165, 1.54) is 155 Å². The Hall–Kier alpha value is -15.6. The Bertz CT molecular complexity index is 7180. The molecule has 0 saturated carbocycles. The van der Waals surface area contributed by atoms with Crippen LogP contribution in [-0.4, -0.2) is 32.6 Å². The van der Waals surface area contributed by atoms with Crippen LogP contribution in [0.1, 0.15) is 66.8 Å².